The van der Waals surface area contributed by atoms with E-state index in [0.717, 1.165) is 5.01 Å². The van der Waals surface area contributed by atoms with Gasteiger partial charge in [0.1, 0.15) is 0 Å². The molecule has 0 aliphatic heterocycles. The third kappa shape index (κ3) is 1.93. The molecule has 2 nitrogen and oxygen atoms in total. The van der Waals surface area contributed by atoms with Crippen LogP contribution in [-0.2, 0) is 6.42 Å². The molecule has 0 saturated heterocycles. The van der Waals surface area contributed by atoms with E-state index in [-0.39, 0.29) is 0 Å². The van der Waals surface area contributed by atoms with E-state index < -0.39 is 0 Å². The predicted molar refractivity (Wildman–Crippen MR) is 39.2 cm³/mol. The van der Waals surface area contributed by atoms with Crippen molar-refractivity contribution in [3.63, 3.8) is 0 Å². The van der Waals surface area contributed by atoms with Gasteiger partial charge in [0.25, 0.3) is 0 Å². The highest BCUT2D eigenvalue weighted by atomic mass is 32.1. The smallest absolute Gasteiger partial charge is 0.0980 e. The lowest BCUT2D eigenvalue weighted by atomic mass is 10.3. The quantitative estimate of drug-likeness (QED) is 0.624. The topological polar surface area (TPSA) is 36.7 Å². The van der Waals surface area contributed by atoms with Crippen molar-refractivity contribution in [2.24, 2.45) is 0 Å². The molecule has 0 unspecified atom stereocenters. The molecule has 1 aromatic rings. The molecule has 0 bridgehead atoms. The summed E-state index contributed by atoms with van der Waals surface area (Å²) >= 11 is 1.60. The summed E-state index contributed by atoms with van der Waals surface area (Å²) in [5.41, 5.74) is 0.671. The maximum atomic E-state index is 7.14. The van der Waals surface area contributed by atoms with Crippen molar-refractivity contribution in [1.29, 1.82) is 5.41 Å². The lowest BCUT2D eigenvalue weighted by Crippen LogP contribution is -1.92. The van der Waals surface area contributed by atoms with Gasteiger partial charge >= 0.3 is 0 Å². The van der Waals surface area contributed by atoms with E-state index in [0.29, 0.717) is 12.1 Å². The van der Waals surface area contributed by atoms with Crippen LogP contribution in [0, 0.1) is 5.41 Å². The minimum Gasteiger partial charge on any atom is -0.310 e. The summed E-state index contributed by atoms with van der Waals surface area (Å²) in [6.45, 7) is 1.79. The Labute approximate surface area is 58.1 Å². The molecule has 0 radical (unpaired) electrons. The first-order valence-corrected chi connectivity index (χ1v) is 3.59. The molecule has 0 spiro atoms. The molecule has 1 aromatic heterocycles. The van der Waals surface area contributed by atoms with Crippen LogP contribution in [0.1, 0.15) is 11.9 Å². The number of hydrogen-bond donors (Lipinski definition) is 1. The molecule has 1 rings (SSSR count). The average Bonchev–Trinajstić information content (AvgIpc) is 2.15. The van der Waals surface area contributed by atoms with Gasteiger partial charge < -0.3 is 5.41 Å². The molecular weight excluding hydrogens is 132 g/mol. The standard InChI is InChI=1S/C6H8N2S/c1-5(7)4-6-8-2-3-9-6/h2-3,7H,4H2,1H3. The zero-order chi connectivity index (χ0) is 6.69. The monoisotopic (exact) mass is 140 g/mol. The van der Waals surface area contributed by atoms with E-state index >= 15 is 0 Å². The molecule has 0 aliphatic rings. The van der Waals surface area contributed by atoms with Crippen LogP contribution in [0.2, 0.25) is 0 Å². The highest BCUT2D eigenvalue weighted by molar-refractivity contribution is 7.09. The Balaban J connectivity index is 2.58. The van der Waals surface area contributed by atoms with Crippen LogP contribution in [0.5, 0.6) is 0 Å². The van der Waals surface area contributed by atoms with Gasteiger partial charge in [-0.1, -0.05) is 0 Å². The third-order valence-electron chi connectivity index (χ3n) is 0.900. The minimum atomic E-state index is 0.671. The fourth-order valence-electron chi connectivity index (χ4n) is 0.567. The molecule has 0 amide bonds. The second-order valence-electron chi connectivity index (χ2n) is 1.88. The van der Waals surface area contributed by atoms with Crippen LogP contribution < -0.4 is 0 Å². The van der Waals surface area contributed by atoms with Crippen molar-refractivity contribution >= 4 is 17.0 Å². The molecule has 0 aliphatic carbocycles. The van der Waals surface area contributed by atoms with Crippen LogP contribution in [-0.4, -0.2) is 10.7 Å². The van der Waals surface area contributed by atoms with Gasteiger partial charge in [-0.05, 0) is 6.92 Å². The van der Waals surface area contributed by atoms with Crippen LogP contribution in [0.15, 0.2) is 11.6 Å². The highest BCUT2D eigenvalue weighted by Crippen LogP contribution is 2.04. The molecular formula is C6H8N2S. The summed E-state index contributed by atoms with van der Waals surface area (Å²) in [7, 11) is 0. The first-order valence-electron chi connectivity index (χ1n) is 2.71. The largest absolute Gasteiger partial charge is 0.310 e. The lowest BCUT2D eigenvalue weighted by molar-refractivity contribution is 1.20. The Morgan fingerprint density at radius 3 is 3.11 bits per heavy atom. The van der Waals surface area contributed by atoms with Crippen LogP contribution >= 0.6 is 11.3 Å². The lowest BCUT2D eigenvalue weighted by Gasteiger charge is -1.88. The second kappa shape index (κ2) is 2.73. The first kappa shape index (κ1) is 6.42. The Hall–Kier alpha value is -0.700. The summed E-state index contributed by atoms with van der Waals surface area (Å²) in [5.74, 6) is 0. The Kier molecular flexibility index (Phi) is 1.95. The zero-order valence-corrected chi connectivity index (χ0v) is 6.03. The van der Waals surface area contributed by atoms with Crippen molar-refractivity contribution in [2.75, 3.05) is 0 Å². The van der Waals surface area contributed by atoms with Crippen molar-refractivity contribution in [1.82, 2.24) is 4.98 Å². The number of rotatable bonds is 2. The summed E-state index contributed by atoms with van der Waals surface area (Å²) in [6.07, 6.45) is 2.47. The van der Waals surface area contributed by atoms with E-state index in [2.05, 4.69) is 4.98 Å². The Bertz CT molecular complexity index is 191. The van der Waals surface area contributed by atoms with Gasteiger partial charge in [-0.3, -0.25) is 0 Å². The van der Waals surface area contributed by atoms with Crippen LogP contribution in [0.25, 0.3) is 0 Å². The van der Waals surface area contributed by atoms with Crippen molar-refractivity contribution in [3.8, 4) is 0 Å². The normalized spacial score (nSPS) is 9.44. The molecule has 0 saturated carbocycles. The average molecular weight is 140 g/mol. The number of thiazole rings is 1. The van der Waals surface area contributed by atoms with Crippen molar-refractivity contribution in [3.05, 3.63) is 16.6 Å². The number of nitrogens with one attached hydrogen (secondary N) is 1. The second-order valence-corrected chi connectivity index (χ2v) is 2.86. The van der Waals surface area contributed by atoms with E-state index in [1.54, 1.807) is 24.5 Å². The summed E-state index contributed by atoms with van der Waals surface area (Å²) in [5, 5.41) is 10.1. The van der Waals surface area contributed by atoms with Gasteiger partial charge in [-0.15, -0.1) is 11.3 Å². The van der Waals surface area contributed by atoms with E-state index in [1.165, 1.54) is 0 Å². The molecule has 48 valence electrons. The number of aromatic nitrogens is 1. The molecule has 3 heteroatoms. The maximum Gasteiger partial charge on any atom is 0.0980 e. The van der Waals surface area contributed by atoms with Gasteiger partial charge in [-0.25, -0.2) is 4.98 Å². The maximum absolute atomic E-state index is 7.14. The minimum absolute atomic E-state index is 0.671. The van der Waals surface area contributed by atoms with E-state index in [4.69, 9.17) is 5.41 Å². The Morgan fingerprint density at radius 1 is 1.89 bits per heavy atom. The predicted octanol–water partition coefficient (Wildman–Crippen LogP) is 1.73. The molecule has 1 N–H and O–H groups in total. The molecule has 0 fully saturated rings. The fourth-order valence-corrected chi connectivity index (χ4v) is 1.27. The molecule has 9 heavy (non-hydrogen) atoms. The first-order chi connectivity index (χ1) is 4.29. The van der Waals surface area contributed by atoms with Gasteiger partial charge in [-0.2, -0.15) is 0 Å². The van der Waals surface area contributed by atoms with Crippen LogP contribution in [0.3, 0.4) is 0 Å². The fraction of sp³-hybridized carbons (Fsp3) is 0.333. The molecule has 1 heterocycles. The highest BCUT2D eigenvalue weighted by Gasteiger charge is 1.94. The number of hydrogen-bond acceptors (Lipinski definition) is 3. The molecule has 0 aromatic carbocycles. The van der Waals surface area contributed by atoms with E-state index in [9.17, 15) is 0 Å². The number of nitrogens with zero attached hydrogens (tertiary/aromatic N) is 1. The van der Waals surface area contributed by atoms with Gasteiger partial charge in [0.2, 0.25) is 0 Å². The van der Waals surface area contributed by atoms with E-state index in [1.807, 2.05) is 5.38 Å². The van der Waals surface area contributed by atoms with Crippen LogP contribution in [0.4, 0.5) is 0 Å². The van der Waals surface area contributed by atoms with Gasteiger partial charge in [0.15, 0.2) is 0 Å². The Morgan fingerprint density at radius 2 is 2.67 bits per heavy atom. The SMILES string of the molecule is CC(=N)Cc1nccs1. The summed E-state index contributed by atoms with van der Waals surface area (Å²) in [6, 6.07) is 0. The van der Waals surface area contributed by atoms with Gasteiger partial charge in [0.05, 0.1) is 5.01 Å². The summed E-state index contributed by atoms with van der Waals surface area (Å²) < 4.78 is 0. The third-order valence-corrected chi connectivity index (χ3v) is 1.68. The molecule has 0 atom stereocenters. The summed E-state index contributed by atoms with van der Waals surface area (Å²) in [4.78, 5) is 4.03. The van der Waals surface area contributed by atoms with Gasteiger partial charge in [0, 0.05) is 23.7 Å². The zero-order valence-electron chi connectivity index (χ0n) is 5.22. The van der Waals surface area contributed by atoms with Crippen molar-refractivity contribution < 1.29 is 0 Å². The van der Waals surface area contributed by atoms with Crippen molar-refractivity contribution in [2.45, 2.75) is 13.3 Å².